The maximum atomic E-state index is 13.0. The van der Waals surface area contributed by atoms with Crippen molar-refractivity contribution in [2.45, 2.75) is 82.3 Å². The average molecular weight is 353 g/mol. The van der Waals surface area contributed by atoms with E-state index in [0.717, 1.165) is 30.1 Å². The lowest BCUT2D eigenvalue weighted by atomic mass is 9.54. The molecule has 6 fully saturated rings. The van der Waals surface area contributed by atoms with Crippen molar-refractivity contribution in [1.82, 2.24) is 10.2 Å². The van der Waals surface area contributed by atoms with Gasteiger partial charge in [0, 0.05) is 31.6 Å². The van der Waals surface area contributed by atoms with Crippen molar-refractivity contribution in [1.29, 1.82) is 0 Å². The molecule has 1 amide bonds. The number of halogens is 1. The van der Waals surface area contributed by atoms with E-state index in [2.05, 4.69) is 17.3 Å². The highest BCUT2D eigenvalue weighted by Gasteiger charge is 2.50. The van der Waals surface area contributed by atoms with E-state index in [1.807, 2.05) is 0 Å². The molecular formula is C20H33ClN2O. The fourth-order valence-electron chi connectivity index (χ4n) is 7.43. The Bertz CT molecular complexity index is 456. The molecule has 136 valence electrons. The van der Waals surface area contributed by atoms with Gasteiger partial charge in [0.1, 0.15) is 0 Å². The first-order chi connectivity index (χ1) is 11.2. The van der Waals surface area contributed by atoms with Gasteiger partial charge in [0.05, 0.1) is 0 Å². The maximum absolute atomic E-state index is 13.0. The summed E-state index contributed by atoms with van der Waals surface area (Å²) in [4.78, 5) is 15.2. The smallest absolute Gasteiger partial charge is 0.222 e. The van der Waals surface area contributed by atoms with Gasteiger partial charge in [0.2, 0.25) is 5.91 Å². The topological polar surface area (TPSA) is 32.3 Å². The fourth-order valence-corrected chi connectivity index (χ4v) is 7.43. The Kier molecular flexibility index (Phi) is 4.62. The molecular weight excluding hydrogens is 320 g/mol. The second-order valence-corrected chi connectivity index (χ2v) is 9.61. The highest BCUT2D eigenvalue weighted by Crippen LogP contribution is 2.55. The predicted molar refractivity (Wildman–Crippen MR) is 98.1 cm³/mol. The van der Waals surface area contributed by atoms with Crippen LogP contribution in [0.3, 0.4) is 0 Å². The molecule has 0 aromatic rings. The summed E-state index contributed by atoms with van der Waals surface area (Å²) in [5.41, 5.74) is 0. The van der Waals surface area contributed by atoms with Crippen LogP contribution in [0.2, 0.25) is 0 Å². The van der Waals surface area contributed by atoms with Gasteiger partial charge in [-0.25, -0.2) is 0 Å². The Morgan fingerprint density at radius 3 is 2.00 bits per heavy atom. The number of hydrogen-bond donors (Lipinski definition) is 1. The van der Waals surface area contributed by atoms with Crippen molar-refractivity contribution in [2.75, 3.05) is 7.05 Å². The molecule has 4 aliphatic carbocycles. The summed E-state index contributed by atoms with van der Waals surface area (Å²) in [5.74, 6) is 4.73. The minimum atomic E-state index is 0. The average Bonchev–Trinajstić information content (AvgIpc) is 2.84. The van der Waals surface area contributed by atoms with E-state index in [9.17, 15) is 4.79 Å². The largest absolute Gasteiger partial charge is 0.342 e. The molecule has 4 heteroatoms. The second kappa shape index (κ2) is 6.46. The number of nitrogens with one attached hydrogen (secondary N) is 1. The van der Waals surface area contributed by atoms with Crippen molar-refractivity contribution in [3.63, 3.8) is 0 Å². The number of carbonyl (C=O) groups is 1. The lowest BCUT2D eigenvalue weighted by molar-refractivity contribution is -0.142. The monoisotopic (exact) mass is 352 g/mol. The van der Waals surface area contributed by atoms with Crippen LogP contribution in [0, 0.1) is 29.6 Å². The molecule has 0 aromatic carbocycles. The first-order valence-corrected chi connectivity index (χ1v) is 10.2. The Balaban J connectivity index is 0.00000146. The van der Waals surface area contributed by atoms with Gasteiger partial charge in [0.15, 0.2) is 0 Å². The Morgan fingerprint density at radius 1 is 0.917 bits per heavy atom. The molecule has 2 unspecified atom stereocenters. The summed E-state index contributed by atoms with van der Waals surface area (Å²) >= 11 is 0. The van der Waals surface area contributed by atoms with E-state index in [1.54, 1.807) is 0 Å². The predicted octanol–water partition coefficient (Wildman–Crippen LogP) is 3.61. The van der Waals surface area contributed by atoms with Crippen LogP contribution >= 0.6 is 12.4 Å². The zero-order valence-corrected chi connectivity index (χ0v) is 15.8. The van der Waals surface area contributed by atoms with Crippen LogP contribution in [-0.2, 0) is 4.79 Å². The first kappa shape index (κ1) is 17.1. The highest BCUT2D eigenvalue weighted by molar-refractivity contribution is 5.85. The van der Waals surface area contributed by atoms with E-state index in [1.165, 1.54) is 57.8 Å². The first-order valence-electron chi connectivity index (χ1n) is 10.2. The molecule has 6 rings (SSSR count). The van der Waals surface area contributed by atoms with Gasteiger partial charge in [-0.15, -0.1) is 12.4 Å². The van der Waals surface area contributed by atoms with Crippen molar-refractivity contribution in [3.8, 4) is 0 Å². The van der Waals surface area contributed by atoms with Crippen LogP contribution in [-0.4, -0.2) is 36.0 Å². The van der Waals surface area contributed by atoms with Gasteiger partial charge in [-0.1, -0.05) is 0 Å². The SMILES string of the molecule is CN(C(=O)CC1CC2CCC(C1)N2)C1C2CC3CC(C2)CC1C3.Cl. The van der Waals surface area contributed by atoms with Gasteiger partial charge < -0.3 is 10.2 Å². The Labute approximate surface area is 152 Å². The van der Waals surface area contributed by atoms with Crippen LogP contribution in [0.15, 0.2) is 0 Å². The zero-order valence-electron chi connectivity index (χ0n) is 15.0. The number of carbonyl (C=O) groups excluding carboxylic acids is 1. The quantitative estimate of drug-likeness (QED) is 0.841. The van der Waals surface area contributed by atoms with Gasteiger partial charge in [-0.3, -0.25) is 4.79 Å². The second-order valence-electron chi connectivity index (χ2n) is 9.61. The molecule has 2 saturated heterocycles. The molecule has 24 heavy (non-hydrogen) atoms. The summed E-state index contributed by atoms with van der Waals surface area (Å²) in [5, 5.41) is 3.70. The van der Waals surface area contributed by atoms with E-state index in [0.29, 0.717) is 30.0 Å². The fraction of sp³-hybridized carbons (Fsp3) is 0.950. The molecule has 6 aliphatic rings. The zero-order chi connectivity index (χ0) is 15.6. The van der Waals surface area contributed by atoms with Crippen LogP contribution in [0.5, 0.6) is 0 Å². The number of fused-ring (bicyclic) bond motifs is 2. The minimum absolute atomic E-state index is 0. The molecule has 0 spiro atoms. The number of rotatable bonds is 3. The van der Waals surface area contributed by atoms with E-state index in [-0.39, 0.29) is 12.4 Å². The lowest BCUT2D eigenvalue weighted by Crippen LogP contribution is -2.56. The Morgan fingerprint density at radius 2 is 1.46 bits per heavy atom. The normalized spacial score (nSPS) is 48.2. The van der Waals surface area contributed by atoms with Crippen molar-refractivity contribution in [2.24, 2.45) is 29.6 Å². The highest BCUT2D eigenvalue weighted by atomic mass is 35.5. The van der Waals surface area contributed by atoms with Crippen molar-refractivity contribution < 1.29 is 4.79 Å². The summed E-state index contributed by atoms with van der Waals surface area (Å²) in [7, 11) is 2.13. The molecule has 0 aromatic heterocycles. The molecule has 4 saturated carbocycles. The lowest BCUT2D eigenvalue weighted by Gasteiger charge is -2.56. The number of piperidine rings is 1. The van der Waals surface area contributed by atoms with E-state index >= 15 is 0 Å². The molecule has 2 atom stereocenters. The number of hydrogen-bond acceptors (Lipinski definition) is 2. The molecule has 0 radical (unpaired) electrons. The molecule has 2 heterocycles. The van der Waals surface area contributed by atoms with Crippen LogP contribution in [0.1, 0.15) is 64.2 Å². The van der Waals surface area contributed by atoms with E-state index in [4.69, 9.17) is 0 Å². The molecule has 6 bridgehead atoms. The molecule has 3 nitrogen and oxygen atoms in total. The maximum Gasteiger partial charge on any atom is 0.222 e. The van der Waals surface area contributed by atoms with E-state index < -0.39 is 0 Å². The summed E-state index contributed by atoms with van der Waals surface area (Å²) in [6.45, 7) is 0. The van der Waals surface area contributed by atoms with Crippen molar-refractivity contribution in [3.05, 3.63) is 0 Å². The summed E-state index contributed by atoms with van der Waals surface area (Å²) < 4.78 is 0. The standard InChI is InChI=1S/C20H32N2O.ClH/c1-22(19(23)11-14-9-17-2-3-18(10-14)21-17)20-15-5-12-4-13(7-15)8-16(20)6-12;/h12-18,20-21H,2-11H2,1H3;1H. The third kappa shape index (κ3) is 2.90. The minimum Gasteiger partial charge on any atom is -0.342 e. The third-order valence-electron chi connectivity index (χ3n) is 8.05. The summed E-state index contributed by atoms with van der Waals surface area (Å²) in [6.07, 6.45) is 13.1. The third-order valence-corrected chi connectivity index (χ3v) is 8.05. The van der Waals surface area contributed by atoms with Gasteiger partial charge in [0.25, 0.3) is 0 Å². The summed E-state index contributed by atoms with van der Waals surface area (Å²) in [6, 6.07) is 1.99. The number of amides is 1. The van der Waals surface area contributed by atoms with Crippen molar-refractivity contribution >= 4 is 18.3 Å². The van der Waals surface area contributed by atoms with Crippen LogP contribution in [0.4, 0.5) is 0 Å². The number of nitrogens with zero attached hydrogens (tertiary/aromatic N) is 1. The molecule has 1 N–H and O–H groups in total. The van der Waals surface area contributed by atoms with Gasteiger partial charge in [-0.2, -0.15) is 0 Å². The van der Waals surface area contributed by atoms with Gasteiger partial charge in [-0.05, 0) is 87.4 Å². The van der Waals surface area contributed by atoms with Crippen LogP contribution < -0.4 is 5.32 Å². The van der Waals surface area contributed by atoms with Crippen LogP contribution in [0.25, 0.3) is 0 Å². The van der Waals surface area contributed by atoms with Gasteiger partial charge >= 0.3 is 0 Å². The Hall–Kier alpha value is -0.280. The molecule has 2 aliphatic heterocycles.